The molecule has 10 heteroatoms. The number of hydrogen-bond donors (Lipinski definition) is 2. The quantitative estimate of drug-likeness (QED) is 0.752. The maximum Gasteiger partial charge on any atom is 0.422 e. The van der Waals surface area contributed by atoms with Gasteiger partial charge in [-0.3, -0.25) is 9.78 Å². The molecule has 0 bridgehead atoms. The van der Waals surface area contributed by atoms with Crippen molar-refractivity contribution in [1.29, 1.82) is 0 Å². The van der Waals surface area contributed by atoms with Crippen molar-refractivity contribution >= 4 is 22.7 Å². The highest BCUT2D eigenvalue weighted by Gasteiger charge is 2.28. The van der Waals surface area contributed by atoms with Gasteiger partial charge in [-0.05, 0) is 24.3 Å². The summed E-state index contributed by atoms with van der Waals surface area (Å²) in [5, 5.41) is 2.57. The maximum absolute atomic E-state index is 12.1. The van der Waals surface area contributed by atoms with Crippen molar-refractivity contribution in [2.45, 2.75) is 6.18 Å². The van der Waals surface area contributed by atoms with Crippen LogP contribution in [-0.2, 0) is 0 Å². The number of aromatic amines is 1. The lowest BCUT2D eigenvalue weighted by Crippen LogP contribution is -2.19. The van der Waals surface area contributed by atoms with E-state index in [0.29, 0.717) is 16.8 Å². The highest BCUT2D eigenvalue weighted by molar-refractivity contribution is 6.04. The van der Waals surface area contributed by atoms with Crippen LogP contribution >= 0.6 is 0 Å². The van der Waals surface area contributed by atoms with Crippen molar-refractivity contribution in [1.82, 2.24) is 9.97 Å². The number of anilines is 1. The predicted octanol–water partition coefficient (Wildman–Crippen LogP) is 2.71. The Morgan fingerprint density at radius 1 is 1.28 bits per heavy atom. The smallest absolute Gasteiger partial charge is 0.422 e. The van der Waals surface area contributed by atoms with E-state index in [-0.39, 0.29) is 11.4 Å². The first kappa shape index (κ1) is 16.6. The molecule has 2 heterocycles. The number of alkyl halides is 3. The number of hydrogen-bond acceptors (Lipinski definition) is 5. The largest absolute Gasteiger partial charge is 0.468 e. The van der Waals surface area contributed by atoms with Crippen LogP contribution in [0.2, 0.25) is 0 Å². The third kappa shape index (κ3) is 4.16. The topological polar surface area (TPSA) is 97.2 Å². The summed E-state index contributed by atoms with van der Waals surface area (Å²) in [5.41, 5.74) is 1.28. The molecule has 0 spiro atoms. The summed E-state index contributed by atoms with van der Waals surface area (Å²) >= 11 is 0. The predicted molar refractivity (Wildman–Crippen MR) is 80.6 cm³/mol. The first-order valence-corrected chi connectivity index (χ1v) is 6.90. The molecular formula is C15H10F3N3O4. The van der Waals surface area contributed by atoms with E-state index in [4.69, 9.17) is 4.42 Å². The molecule has 0 aliphatic carbocycles. The summed E-state index contributed by atoms with van der Waals surface area (Å²) in [5.74, 6) is -1.39. The van der Waals surface area contributed by atoms with Gasteiger partial charge in [-0.15, -0.1) is 0 Å². The van der Waals surface area contributed by atoms with E-state index in [2.05, 4.69) is 20.0 Å². The summed E-state index contributed by atoms with van der Waals surface area (Å²) < 4.78 is 45.5. The lowest BCUT2D eigenvalue weighted by atomic mass is 10.2. The van der Waals surface area contributed by atoms with Crippen LogP contribution in [0.1, 0.15) is 10.4 Å². The zero-order chi connectivity index (χ0) is 18.0. The van der Waals surface area contributed by atoms with Crippen molar-refractivity contribution in [3.8, 4) is 5.88 Å². The molecule has 7 nitrogen and oxygen atoms in total. The first-order chi connectivity index (χ1) is 11.8. The van der Waals surface area contributed by atoms with Gasteiger partial charge in [0.15, 0.2) is 12.2 Å². The number of benzene rings is 1. The second kappa shape index (κ2) is 6.30. The van der Waals surface area contributed by atoms with E-state index in [0.717, 1.165) is 12.3 Å². The zero-order valence-corrected chi connectivity index (χ0v) is 12.4. The Bertz CT molecular complexity index is 961. The van der Waals surface area contributed by atoms with Crippen LogP contribution in [0.15, 0.2) is 45.7 Å². The Kier molecular flexibility index (Phi) is 4.17. The van der Waals surface area contributed by atoms with Gasteiger partial charge in [-0.25, -0.2) is 9.78 Å². The Balaban J connectivity index is 1.68. The summed E-state index contributed by atoms with van der Waals surface area (Å²) in [6.07, 6.45) is -3.37. The fourth-order valence-electron chi connectivity index (χ4n) is 1.99. The Labute approximate surface area is 137 Å². The second-order valence-electron chi connectivity index (χ2n) is 4.97. The Morgan fingerprint density at radius 3 is 2.76 bits per heavy atom. The van der Waals surface area contributed by atoms with E-state index in [1.54, 1.807) is 0 Å². The van der Waals surface area contributed by atoms with E-state index >= 15 is 0 Å². The molecule has 2 aromatic heterocycles. The van der Waals surface area contributed by atoms with Crippen LogP contribution in [-0.4, -0.2) is 28.7 Å². The summed E-state index contributed by atoms with van der Waals surface area (Å²) in [6.45, 7) is -1.46. The highest BCUT2D eigenvalue weighted by atomic mass is 19.4. The molecule has 130 valence electrons. The number of aromatic nitrogens is 2. The summed E-state index contributed by atoms with van der Waals surface area (Å²) in [7, 11) is 0. The van der Waals surface area contributed by atoms with Crippen molar-refractivity contribution < 1.29 is 27.1 Å². The van der Waals surface area contributed by atoms with E-state index < -0.39 is 24.4 Å². The molecule has 25 heavy (non-hydrogen) atoms. The van der Waals surface area contributed by atoms with Crippen molar-refractivity contribution in [2.75, 3.05) is 11.9 Å². The average Bonchev–Trinajstić information content (AvgIpc) is 2.92. The molecule has 0 saturated heterocycles. The molecule has 3 aromatic rings. The molecule has 0 aliphatic rings. The Morgan fingerprint density at radius 2 is 2.08 bits per heavy atom. The van der Waals surface area contributed by atoms with Gasteiger partial charge < -0.3 is 14.5 Å². The highest BCUT2D eigenvalue weighted by Crippen LogP contribution is 2.19. The van der Waals surface area contributed by atoms with Gasteiger partial charge in [0.2, 0.25) is 5.88 Å². The molecule has 0 saturated carbocycles. The number of ether oxygens (including phenoxy) is 1. The number of carbonyl (C=O) groups excluding carboxylic acids is 1. The summed E-state index contributed by atoms with van der Waals surface area (Å²) in [4.78, 5) is 29.3. The fourth-order valence-corrected chi connectivity index (χ4v) is 1.99. The number of oxazole rings is 1. The minimum Gasteiger partial charge on any atom is -0.468 e. The number of carbonyl (C=O) groups is 1. The number of nitrogens with zero attached hydrogens (tertiary/aromatic N) is 1. The number of pyridine rings is 1. The van der Waals surface area contributed by atoms with Crippen LogP contribution in [0.3, 0.4) is 0 Å². The third-order valence-electron chi connectivity index (χ3n) is 3.06. The molecule has 1 aromatic carbocycles. The van der Waals surface area contributed by atoms with Crippen molar-refractivity contribution in [3.63, 3.8) is 0 Å². The van der Waals surface area contributed by atoms with E-state index in [1.165, 1.54) is 24.3 Å². The van der Waals surface area contributed by atoms with Gasteiger partial charge in [0.1, 0.15) is 0 Å². The lowest BCUT2D eigenvalue weighted by molar-refractivity contribution is -0.154. The van der Waals surface area contributed by atoms with Crippen LogP contribution in [0.4, 0.5) is 18.9 Å². The fraction of sp³-hybridized carbons (Fsp3) is 0.133. The lowest BCUT2D eigenvalue weighted by Gasteiger charge is -2.09. The molecule has 0 atom stereocenters. The van der Waals surface area contributed by atoms with Crippen LogP contribution in [0.5, 0.6) is 5.88 Å². The first-order valence-electron chi connectivity index (χ1n) is 6.90. The number of halogens is 3. The number of rotatable bonds is 4. The molecule has 0 unspecified atom stereocenters. The Hall–Kier alpha value is -3.30. The van der Waals surface area contributed by atoms with Gasteiger partial charge in [0.05, 0.1) is 11.1 Å². The average molecular weight is 353 g/mol. The standard InChI is InChI=1S/C15H10F3N3O4/c16-15(17,18)7-24-12-4-1-8(6-19-12)13(22)20-9-2-3-11-10(5-9)21-14(23)25-11/h1-6H,7H2,(H,20,22)(H,21,23). The molecule has 0 fully saturated rings. The second-order valence-corrected chi connectivity index (χ2v) is 4.97. The van der Waals surface area contributed by atoms with Crippen molar-refractivity contribution in [3.05, 3.63) is 52.6 Å². The van der Waals surface area contributed by atoms with Gasteiger partial charge in [-0.2, -0.15) is 13.2 Å². The molecule has 2 N–H and O–H groups in total. The zero-order valence-electron chi connectivity index (χ0n) is 12.4. The van der Waals surface area contributed by atoms with Gasteiger partial charge in [0, 0.05) is 18.0 Å². The van der Waals surface area contributed by atoms with E-state index in [1.807, 2.05) is 0 Å². The number of fused-ring (bicyclic) bond motifs is 1. The van der Waals surface area contributed by atoms with Gasteiger partial charge >= 0.3 is 11.9 Å². The van der Waals surface area contributed by atoms with Crippen LogP contribution in [0, 0.1) is 0 Å². The van der Waals surface area contributed by atoms with Crippen LogP contribution < -0.4 is 15.8 Å². The monoisotopic (exact) mass is 353 g/mol. The molecule has 1 amide bonds. The molecular weight excluding hydrogens is 343 g/mol. The maximum atomic E-state index is 12.1. The number of amides is 1. The van der Waals surface area contributed by atoms with E-state index in [9.17, 15) is 22.8 Å². The molecule has 3 rings (SSSR count). The minimum absolute atomic E-state index is 0.125. The van der Waals surface area contributed by atoms with Crippen molar-refractivity contribution in [2.24, 2.45) is 0 Å². The molecule has 0 radical (unpaired) electrons. The third-order valence-corrected chi connectivity index (χ3v) is 3.06. The number of H-pyrrole nitrogens is 1. The van der Waals surface area contributed by atoms with Gasteiger partial charge in [-0.1, -0.05) is 0 Å². The molecule has 0 aliphatic heterocycles. The van der Waals surface area contributed by atoms with Gasteiger partial charge in [0.25, 0.3) is 5.91 Å². The van der Waals surface area contributed by atoms with Crippen LogP contribution in [0.25, 0.3) is 11.1 Å². The summed E-state index contributed by atoms with van der Waals surface area (Å²) in [6, 6.07) is 7.00. The normalized spacial score (nSPS) is 11.5. The number of nitrogens with one attached hydrogen (secondary N) is 2. The SMILES string of the molecule is O=C(Nc1ccc2oc(=O)[nH]c2c1)c1ccc(OCC(F)(F)F)nc1. The minimum atomic E-state index is -4.47.